The number of hydrogen-bond donors (Lipinski definition) is 0. The maximum atomic E-state index is 12.1. The fourth-order valence-corrected chi connectivity index (χ4v) is 3.00. The summed E-state index contributed by atoms with van der Waals surface area (Å²) < 4.78 is 13.5. The van der Waals surface area contributed by atoms with Crippen LogP contribution in [0.3, 0.4) is 0 Å². The third-order valence-corrected chi connectivity index (χ3v) is 4.59. The number of hydrogen-bond acceptors (Lipinski definition) is 5. The molecule has 0 amide bonds. The van der Waals surface area contributed by atoms with E-state index in [1.807, 2.05) is 24.3 Å². The van der Waals surface area contributed by atoms with Gasteiger partial charge in [0.2, 0.25) is 5.65 Å². The van der Waals surface area contributed by atoms with Gasteiger partial charge in [0.15, 0.2) is 0 Å². The number of ether oxygens (including phenoxy) is 2. The van der Waals surface area contributed by atoms with E-state index < -0.39 is 0 Å². The molecule has 0 spiro atoms. The van der Waals surface area contributed by atoms with Crippen molar-refractivity contribution in [3.05, 3.63) is 63.0 Å². The molecule has 2 aromatic carbocycles. The van der Waals surface area contributed by atoms with Gasteiger partial charge in [-0.05, 0) is 51.2 Å². The minimum atomic E-state index is 0.414. The molecule has 0 bridgehead atoms. The molecule has 0 saturated heterocycles. The molecule has 0 unspecified atom stereocenters. The van der Waals surface area contributed by atoms with Gasteiger partial charge >= 0.3 is 0 Å². The maximum Gasteiger partial charge on any atom is 0.270 e. The summed E-state index contributed by atoms with van der Waals surface area (Å²) in [5.41, 5.74) is 2.63. The van der Waals surface area contributed by atoms with E-state index in [0.29, 0.717) is 33.9 Å². The first-order chi connectivity index (χ1) is 12.2. The fourth-order valence-electron chi connectivity index (χ4n) is 2.54. The summed E-state index contributed by atoms with van der Waals surface area (Å²) in [6.07, 6.45) is 1.67. The molecule has 4 aromatic rings. The van der Waals surface area contributed by atoms with Crippen LogP contribution in [-0.4, -0.2) is 21.8 Å². The van der Waals surface area contributed by atoms with E-state index in [0.717, 1.165) is 14.9 Å². The third-order valence-electron chi connectivity index (χ3n) is 3.83. The average Bonchev–Trinajstić information content (AvgIpc) is 3.01. The second kappa shape index (κ2) is 6.36. The van der Waals surface area contributed by atoms with Gasteiger partial charge in [-0.2, -0.15) is 5.10 Å². The van der Waals surface area contributed by atoms with E-state index in [9.17, 15) is 5.21 Å². The Morgan fingerprint density at radius 1 is 1.16 bits per heavy atom. The molecule has 0 N–H and O–H groups in total. The molecule has 0 radical (unpaired) electrons. The van der Waals surface area contributed by atoms with Crippen LogP contribution >= 0.6 is 22.6 Å². The molecule has 7 nitrogen and oxygen atoms in total. The molecule has 2 heterocycles. The highest BCUT2D eigenvalue weighted by molar-refractivity contribution is 14.1. The van der Waals surface area contributed by atoms with Crippen molar-refractivity contribution in [1.29, 1.82) is 0 Å². The largest absolute Gasteiger partial charge is 0.594 e. The predicted octanol–water partition coefficient (Wildman–Crippen LogP) is 2.71. The predicted molar refractivity (Wildman–Crippen MR) is 99.5 cm³/mol. The van der Waals surface area contributed by atoms with E-state index in [-0.39, 0.29) is 0 Å². The van der Waals surface area contributed by atoms with Crippen LogP contribution in [0.2, 0.25) is 0 Å². The van der Waals surface area contributed by atoms with Crippen molar-refractivity contribution in [1.82, 2.24) is 14.7 Å². The molecule has 0 saturated carbocycles. The first-order valence-corrected chi connectivity index (χ1v) is 8.56. The Morgan fingerprint density at radius 2 is 1.92 bits per heavy atom. The van der Waals surface area contributed by atoms with Gasteiger partial charge in [-0.25, -0.2) is 4.52 Å². The van der Waals surface area contributed by atoms with E-state index in [4.69, 9.17) is 9.47 Å². The summed E-state index contributed by atoms with van der Waals surface area (Å²) in [4.78, 5) is 0.613. The number of methoxy groups -OCH3 is 1. The van der Waals surface area contributed by atoms with Gasteiger partial charge in [0.25, 0.3) is 5.52 Å². The lowest BCUT2D eigenvalue weighted by Gasteiger charge is -2.08. The number of nitrogens with zero attached hydrogens (tertiary/aromatic N) is 4. The fraction of sp³-hybridized carbons (Fsp3) is 0.118. The Kier molecular flexibility index (Phi) is 4.04. The number of benzene rings is 2. The van der Waals surface area contributed by atoms with Crippen LogP contribution in [-0.2, 0) is 6.61 Å². The molecule has 25 heavy (non-hydrogen) atoms. The lowest BCUT2D eigenvalue weighted by molar-refractivity contribution is -0.640. The van der Waals surface area contributed by atoms with Crippen LogP contribution < -0.4 is 14.3 Å². The number of aromatic nitrogens is 4. The van der Waals surface area contributed by atoms with E-state index in [1.54, 1.807) is 36.0 Å². The Bertz CT molecular complexity index is 1060. The van der Waals surface area contributed by atoms with Gasteiger partial charge in [0, 0.05) is 17.2 Å². The summed E-state index contributed by atoms with van der Waals surface area (Å²) >= 11 is 2.10. The Labute approximate surface area is 156 Å². The summed E-state index contributed by atoms with van der Waals surface area (Å²) in [6, 6.07) is 12.9. The number of halogens is 1. The Hall–Kier alpha value is -2.62. The normalized spacial score (nSPS) is 11.1. The van der Waals surface area contributed by atoms with E-state index in [1.165, 1.54) is 0 Å². The molecular weight excluding hydrogens is 435 g/mol. The van der Waals surface area contributed by atoms with Gasteiger partial charge in [-0.3, -0.25) is 0 Å². The summed E-state index contributed by atoms with van der Waals surface area (Å²) in [7, 11) is 1.63. The molecule has 0 aliphatic rings. The topological polar surface area (TPSA) is 75.6 Å². The van der Waals surface area contributed by atoms with Crippen molar-refractivity contribution >= 4 is 39.3 Å². The molecule has 0 aliphatic heterocycles. The maximum absolute atomic E-state index is 12.1. The zero-order valence-corrected chi connectivity index (χ0v) is 15.4. The first kappa shape index (κ1) is 15.9. The van der Waals surface area contributed by atoms with Gasteiger partial charge in [0.05, 0.1) is 16.9 Å². The van der Waals surface area contributed by atoms with Crippen LogP contribution in [0.5, 0.6) is 11.5 Å². The van der Waals surface area contributed by atoms with Crippen LogP contribution in [0.1, 0.15) is 5.56 Å². The second-order valence-electron chi connectivity index (χ2n) is 5.39. The Balaban J connectivity index is 1.67. The van der Waals surface area contributed by atoms with Gasteiger partial charge in [-0.15, -0.1) is 0 Å². The standard InChI is InChI=1S/C17H13IN4O3/c1-24-12-4-2-11(3-5-12)10-25-13-6-7-15-16(8-13)21-17(20-22(15)23)14(18)9-19-21/h2-9H,10H2,1H3. The minimum Gasteiger partial charge on any atom is -0.594 e. The van der Waals surface area contributed by atoms with Crippen molar-refractivity contribution in [3.8, 4) is 11.5 Å². The zero-order chi connectivity index (χ0) is 17.4. The second-order valence-corrected chi connectivity index (χ2v) is 6.55. The molecule has 0 aliphatic carbocycles. The van der Waals surface area contributed by atoms with Crippen molar-refractivity contribution in [2.45, 2.75) is 6.61 Å². The third kappa shape index (κ3) is 2.93. The summed E-state index contributed by atoms with van der Waals surface area (Å²) in [5, 5.41) is 20.4. The molecule has 8 heteroatoms. The highest BCUT2D eigenvalue weighted by Crippen LogP contribution is 2.22. The van der Waals surface area contributed by atoms with E-state index in [2.05, 4.69) is 32.8 Å². The smallest absolute Gasteiger partial charge is 0.270 e. The monoisotopic (exact) mass is 448 g/mol. The van der Waals surface area contributed by atoms with Crippen molar-refractivity contribution in [2.24, 2.45) is 0 Å². The number of fused-ring (bicyclic) bond motifs is 3. The Morgan fingerprint density at radius 3 is 2.68 bits per heavy atom. The quantitative estimate of drug-likeness (QED) is 0.273. The highest BCUT2D eigenvalue weighted by Gasteiger charge is 2.15. The van der Waals surface area contributed by atoms with Crippen LogP contribution in [0.25, 0.3) is 16.7 Å². The number of rotatable bonds is 4. The molecule has 4 rings (SSSR count). The van der Waals surface area contributed by atoms with Crippen LogP contribution in [0, 0.1) is 8.78 Å². The van der Waals surface area contributed by atoms with Crippen molar-refractivity contribution < 1.29 is 14.3 Å². The van der Waals surface area contributed by atoms with Gasteiger partial charge in [0.1, 0.15) is 23.6 Å². The van der Waals surface area contributed by atoms with Crippen molar-refractivity contribution in [3.63, 3.8) is 0 Å². The molecular formula is C17H13IN4O3. The molecule has 2 aromatic heterocycles. The molecule has 126 valence electrons. The molecule has 0 atom stereocenters. The van der Waals surface area contributed by atoms with Gasteiger partial charge < -0.3 is 14.7 Å². The van der Waals surface area contributed by atoms with Gasteiger partial charge in [-0.1, -0.05) is 12.1 Å². The lowest BCUT2D eigenvalue weighted by atomic mass is 10.2. The van der Waals surface area contributed by atoms with Crippen molar-refractivity contribution in [2.75, 3.05) is 7.11 Å². The van der Waals surface area contributed by atoms with Crippen LogP contribution in [0.4, 0.5) is 0 Å². The molecule has 0 fully saturated rings. The SMILES string of the molecule is COc1ccc(COc2ccc3c(c2)n2ncc(I)c2n[n+]3[O-])cc1. The first-order valence-electron chi connectivity index (χ1n) is 7.48. The summed E-state index contributed by atoms with van der Waals surface area (Å²) in [5.74, 6) is 1.46. The highest BCUT2D eigenvalue weighted by atomic mass is 127. The van der Waals surface area contributed by atoms with Crippen LogP contribution in [0.15, 0.2) is 48.7 Å². The summed E-state index contributed by atoms with van der Waals surface area (Å²) in [6.45, 7) is 0.414. The minimum absolute atomic E-state index is 0.414. The zero-order valence-electron chi connectivity index (χ0n) is 13.2. The lowest BCUT2D eigenvalue weighted by Crippen LogP contribution is -2.33. The average molecular weight is 448 g/mol. The van der Waals surface area contributed by atoms with E-state index >= 15 is 0 Å².